The topological polar surface area (TPSA) is 93.7 Å². The average Bonchev–Trinajstić information content (AvgIpc) is 3.40. The summed E-state index contributed by atoms with van der Waals surface area (Å²) in [6, 6.07) is 11.3. The monoisotopic (exact) mass is 391 g/mol. The van der Waals surface area contributed by atoms with Crippen molar-refractivity contribution in [3.63, 3.8) is 0 Å². The second-order valence-corrected chi connectivity index (χ2v) is 8.41. The first-order chi connectivity index (χ1) is 14.3. The van der Waals surface area contributed by atoms with Crippen molar-refractivity contribution in [1.29, 1.82) is 0 Å². The van der Waals surface area contributed by atoms with Crippen LogP contribution in [0.25, 0.3) is 11.2 Å². The Balaban J connectivity index is 1.50. The zero-order valence-corrected chi connectivity index (χ0v) is 16.7. The van der Waals surface area contributed by atoms with E-state index in [0.29, 0.717) is 24.1 Å². The fourth-order valence-corrected chi connectivity index (χ4v) is 4.62. The lowest BCUT2D eigenvalue weighted by Crippen LogP contribution is -2.33. The van der Waals surface area contributed by atoms with Gasteiger partial charge in [-0.15, -0.1) is 0 Å². The molecule has 5 rings (SSSR count). The minimum atomic E-state index is 0.329. The van der Waals surface area contributed by atoms with Crippen LogP contribution in [0.2, 0.25) is 0 Å². The first kappa shape index (κ1) is 18.4. The van der Waals surface area contributed by atoms with Crippen molar-refractivity contribution in [2.75, 3.05) is 10.6 Å². The van der Waals surface area contributed by atoms with Crippen molar-refractivity contribution >= 4 is 28.6 Å². The van der Waals surface area contributed by atoms with Gasteiger partial charge in [-0.2, -0.15) is 9.97 Å². The van der Waals surface area contributed by atoms with Gasteiger partial charge in [-0.3, -0.25) is 0 Å². The van der Waals surface area contributed by atoms with Gasteiger partial charge < -0.3 is 20.9 Å². The summed E-state index contributed by atoms with van der Waals surface area (Å²) >= 11 is 0. The molecule has 2 aromatic heterocycles. The van der Waals surface area contributed by atoms with Crippen molar-refractivity contribution in [2.24, 2.45) is 5.73 Å². The van der Waals surface area contributed by atoms with Gasteiger partial charge >= 0.3 is 0 Å². The first-order valence-corrected chi connectivity index (χ1v) is 10.8. The molecule has 0 amide bonds. The van der Waals surface area contributed by atoms with Crippen LogP contribution in [0.4, 0.5) is 17.5 Å². The molecule has 0 spiro atoms. The van der Waals surface area contributed by atoms with Crippen molar-refractivity contribution in [2.45, 2.75) is 69.5 Å². The van der Waals surface area contributed by atoms with E-state index in [-0.39, 0.29) is 0 Å². The van der Waals surface area contributed by atoms with Crippen LogP contribution in [0.15, 0.2) is 36.7 Å². The van der Waals surface area contributed by atoms with Gasteiger partial charge in [0.2, 0.25) is 5.95 Å². The Morgan fingerprint density at radius 1 is 0.931 bits per heavy atom. The number of para-hydroxylation sites is 1. The molecule has 7 heteroatoms. The number of fused-ring (bicyclic) bond motifs is 1. The zero-order valence-electron chi connectivity index (χ0n) is 16.7. The Morgan fingerprint density at radius 3 is 2.45 bits per heavy atom. The quantitative estimate of drug-likeness (QED) is 0.598. The molecule has 2 heterocycles. The predicted octanol–water partition coefficient (Wildman–Crippen LogP) is 4.37. The van der Waals surface area contributed by atoms with E-state index in [2.05, 4.69) is 20.2 Å². The van der Waals surface area contributed by atoms with Crippen molar-refractivity contribution in [3.8, 4) is 0 Å². The number of imidazole rings is 1. The van der Waals surface area contributed by atoms with Crippen molar-refractivity contribution in [1.82, 2.24) is 19.5 Å². The van der Waals surface area contributed by atoms with Crippen molar-refractivity contribution < 1.29 is 0 Å². The number of aromatic nitrogens is 4. The van der Waals surface area contributed by atoms with Gasteiger partial charge in [-0.25, -0.2) is 4.98 Å². The maximum atomic E-state index is 6.07. The third-order valence-electron chi connectivity index (χ3n) is 6.28. The Labute approximate surface area is 171 Å². The maximum Gasteiger partial charge on any atom is 0.227 e. The molecule has 152 valence electrons. The van der Waals surface area contributed by atoms with Gasteiger partial charge in [0.1, 0.15) is 0 Å². The molecular formula is C22H29N7. The molecule has 0 unspecified atom stereocenters. The lowest BCUT2D eigenvalue weighted by molar-refractivity contribution is 0.410. The third kappa shape index (κ3) is 3.92. The highest BCUT2D eigenvalue weighted by molar-refractivity contribution is 5.86. The highest BCUT2D eigenvalue weighted by atomic mass is 15.2. The Hall–Kier alpha value is -2.67. The summed E-state index contributed by atoms with van der Waals surface area (Å²) < 4.78 is 2.25. The second-order valence-electron chi connectivity index (χ2n) is 8.41. The smallest absolute Gasteiger partial charge is 0.227 e. The van der Waals surface area contributed by atoms with Gasteiger partial charge in [0, 0.05) is 23.8 Å². The Kier molecular flexibility index (Phi) is 5.06. The van der Waals surface area contributed by atoms with E-state index in [9.17, 15) is 0 Å². The molecule has 0 radical (unpaired) electrons. The fraction of sp³-hybridized carbons (Fsp3) is 0.500. The average molecular weight is 392 g/mol. The summed E-state index contributed by atoms with van der Waals surface area (Å²) in [5.41, 5.74) is 8.82. The Morgan fingerprint density at radius 2 is 1.69 bits per heavy atom. The summed E-state index contributed by atoms with van der Waals surface area (Å²) in [5.74, 6) is 1.43. The highest BCUT2D eigenvalue weighted by Crippen LogP contribution is 2.34. The lowest BCUT2D eigenvalue weighted by Gasteiger charge is -2.27. The van der Waals surface area contributed by atoms with E-state index >= 15 is 0 Å². The van der Waals surface area contributed by atoms with Crippen LogP contribution < -0.4 is 16.4 Å². The lowest BCUT2D eigenvalue weighted by atomic mass is 9.92. The molecule has 2 aliphatic carbocycles. The van der Waals surface area contributed by atoms with Crippen LogP contribution in [0.3, 0.4) is 0 Å². The largest absolute Gasteiger partial charge is 0.351 e. The fourth-order valence-electron chi connectivity index (χ4n) is 4.62. The van der Waals surface area contributed by atoms with Crippen LogP contribution in [0, 0.1) is 0 Å². The standard InChI is InChI=1S/C22H29N7/c23-15-10-12-17(13-11-15)26-22-27-20(25-16-6-2-1-3-7-16)19-21(28-22)29(14-24-19)18-8-4-5-9-18/h1-3,6-7,14-15,17-18H,4-5,8-13,23H2,(H2,25,26,27,28)/t15-,17-. The van der Waals surface area contributed by atoms with Crippen LogP contribution in [0.1, 0.15) is 57.4 Å². The maximum absolute atomic E-state index is 6.07. The van der Waals surface area contributed by atoms with E-state index in [1.54, 1.807) is 0 Å². The minimum absolute atomic E-state index is 0.329. The molecule has 2 saturated carbocycles. The van der Waals surface area contributed by atoms with E-state index in [1.807, 2.05) is 36.7 Å². The Bertz CT molecular complexity index is 954. The number of hydrogen-bond donors (Lipinski definition) is 3. The molecular weight excluding hydrogens is 362 g/mol. The number of benzene rings is 1. The summed E-state index contributed by atoms with van der Waals surface area (Å²) in [6.07, 6.45) is 11.1. The molecule has 0 aliphatic heterocycles. The van der Waals surface area contributed by atoms with E-state index in [0.717, 1.165) is 48.4 Å². The number of hydrogen-bond acceptors (Lipinski definition) is 6. The molecule has 29 heavy (non-hydrogen) atoms. The second kappa shape index (κ2) is 7.99. The van der Waals surface area contributed by atoms with E-state index in [4.69, 9.17) is 15.7 Å². The van der Waals surface area contributed by atoms with Gasteiger partial charge in [0.05, 0.1) is 6.33 Å². The summed E-state index contributed by atoms with van der Waals surface area (Å²) in [4.78, 5) is 14.4. The van der Waals surface area contributed by atoms with E-state index < -0.39 is 0 Å². The van der Waals surface area contributed by atoms with Gasteiger partial charge in [0.15, 0.2) is 17.0 Å². The summed E-state index contributed by atoms with van der Waals surface area (Å²) in [7, 11) is 0. The molecule has 3 aromatic rings. The molecule has 4 N–H and O–H groups in total. The zero-order chi connectivity index (χ0) is 19.6. The van der Waals surface area contributed by atoms with Gasteiger partial charge in [-0.1, -0.05) is 31.0 Å². The SMILES string of the molecule is N[C@H]1CC[C@H](Nc2nc(Nc3ccccc3)c3ncn(C4CCCC4)c3n2)CC1. The predicted molar refractivity (Wildman–Crippen MR) is 116 cm³/mol. The summed E-state index contributed by atoms with van der Waals surface area (Å²) in [6.45, 7) is 0. The van der Waals surface area contributed by atoms with Crippen LogP contribution in [-0.4, -0.2) is 31.6 Å². The molecule has 7 nitrogen and oxygen atoms in total. The van der Waals surface area contributed by atoms with E-state index in [1.165, 1.54) is 25.7 Å². The minimum Gasteiger partial charge on any atom is -0.351 e. The number of anilines is 3. The van der Waals surface area contributed by atoms with Crippen LogP contribution in [0.5, 0.6) is 0 Å². The summed E-state index contributed by atoms with van der Waals surface area (Å²) in [5, 5.41) is 7.02. The molecule has 0 saturated heterocycles. The number of nitrogens with zero attached hydrogens (tertiary/aromatic N) is 4. The van der Waals surface area contributed by atoms with Crippen LogP contribution in [-0.2, 0) is 0 Å². The first-order valence-electron chi connectivity index (χ1n) is 10.8. The molecule has 1 aromatic carbocycles. The normalized spacial score (nSPS) is 22.8. The molecule has 2 aliphatic rings. The number of nitrogens with two attached hydrogens (primary N) is 1. The van der Waals surface area contributed by atoms with Crippen molar-refractivity contribution in [3.05, 3.63) is 36.7 Å². The number of nitrogens with one attached hydrogen (secondary N) is 2. The highest BCUT2D eigenvalue weighted by Gasteiger charge is 2.23. The molecule has 0 atom stereocenters. The molecule has 0 bridgehead atoms. The molecule has 2 fully saturated rings. The van der Waals surface area contributed by atoms with Crippen LogP contribution >= 0.6 is 0 Å². The van der Waals surface area contributed by atoms with Gasteiger partial charge in [-0.05, 0) is 50.7 Å². The third-order valence-corrected chi connectivity index (χ3v) is 6.28. The van der Waals surface area contributed by atoms with Gasteiger partial charge in [0.25, 0.3) is 0 Å². The number of rotatable bonds is 5.